The normalized spacial score (nSPS) is 15.7. The molecule has 0 unspecified atom stereocenters. The lowest BCUT2D eigenvalue weighted by atomic mass is 9.78. The predicted octanol–water partition coefficient (Wildman–Crippen LogP) is 14.9. The zero-order chi connectivity index (χ0) is 39.8. The topological polar surface area (TPSA) is 52.7 Å². The maximum absolute atomic E-state index is 14.3. The molecular weight excluding hydrogens is 677 g/mol. The molecule has 5 heteroatoms. The second-order valence-electron chi connectivity index (χ2n) is 18.2. The van der Waals surface area contributed by atoms with Crippen LogP contribution in [-0.4, -0.2) is 46.1 Å². The molecule has 1 fully saturated rings. The van der Waals surface area contributed by atoms with Crippen molar-refractivity contribution in [1.29, 1.82) is 0 Å². The van der Waals surface area contributed by atoms with Crippen LogP contribution >= 0.6 is 0 Å². The highest BCUT2D eigenvalue weighted by Crippen LogP contribution is 2.39. The summed E-state index contributed by atoms with van der Waals surface area (Å²) in [6.45, 7) is 14.2. The Labute approximate surface area is 339 Å². The quantitative estimate of drug-likeness (QED) is 0.0745. The van der Waals surface area contributed by atoms with Crippen molar-refractivity contribution in [1.82, 2.24) is 9.96 Å². The first-order valence-corrected chi connectivity index (χ1v) is 23.2. The van der Waals surface area contributed by atoms with E-state index in [2.05, 4.69) is 55.1 Å². The van der Waals surface area contributed by atoms with Gasteiger partial charge in [0.25, 0.3) is 5.91 Å². The van der Waals surface area contributed by atoms with Gasteiger partial charge in [0.2, 0.25) is 0 Å². The molecular formula is C50H83N2O3. The summed E-state index contributed by atoms with van der Waals surface area (Å²) in [6.07, 6.45) is 33.1. The molecule has 55 heavy (non-hydrogen) atoms. The summed E-state index contributed by atoms with van der Waals surface area (Å²) >= 11 is 0. The van der Waals surface area contributed by atoms with E-state index < -0.39 is 11.1 Å². The van der Waals surface area contributed by atoms with Crippen LogP contribution in [0.2, 0.25) is 0 Å². The molecule has 1 amide bonds. The highest BCUT2D eigenvalue weighted by atomic mass is 16.5. The number of hydrogen-bond acceptors (Lipinski definition) is 3. The molecule has 5 nitrogen and oxygen atoms in total. The first-order chi connectivity index (χ1) is 26.6. The van der Waals surface area contributed by atoms with Crippen LogP contribution in [0.5, 0.6) is 5.75 Å². The molecule has 1 aliphatic rings. The highest BCUT2D eigenvalue weighted by molar-refractivity contribution is 5.95. The first-order valence-electron chi connectivity index (χ1n) is 23.2. The van der Waals surface area contributed by atoms with E-state index in [1.807, 2.05) is 39.8 Å². The zero-order valence-corrected chi connectivity index (χ0v) is 36.6. The molecule has 1 heterocycles. The molecule has 2 aromatic rings. The molecule has 311 valence electrons. The molecule has 1 saturated heterocycles. The summed E-state index contributed by atoms with van der Waals surface area (Å²) in [5.74, 6) is 1.01. The fourth-order valence-electron chi connectivity index (χ4n) is 8.85. The summed E-state index contributed by atoms with van der Waals surface area (Å²) in [5, 5.41) is 14.5. The molecule has 0 saturated carbocycles. The van der Waals surface area contributed by atoms with Crippen LogP contribution in [0.3, 0.4) is 0 Å². The van der Waals surface area contributed by atoms with Gasteiger partial charge < -0.3 is 9.64 Å². The largest absolute Gasteiger partial charge is 0.494 e. The van der Waals surface area contributed by atoms with Gasteiger partial charge in [0.05, 0.1) is 6.61 Å². The number of carbonyl (C=O) groups is 1. The van der Waals surface area contributed by atoms with Crippen molar-refractivity contribution in [3.05, 3.63) is 54.1 Å². The monoisotopic (exact) mass is 760 g/mol. The van der Waals surface area contributed by atoms with Gasteiger partial charge >= 0.3 is 0 Å². The zero-order valence-electron chi connectivity index (χ0n) is 36.6. The fraction of sp³-hybridized carbons (Fsp3) is 0.740. The van der Waals surface area contributed by atoms with E-state index >= 15 is 0 Å². The van der Waals surface area contributed by atoms with Gasteiger partial charge in [0, 0.05) is 29.2 Å². The number of amides is 1. The second kappa shape index (κ2) is 26.5. The molecule has 0 spiro atoms. The molecule has 0 aromatic heterocycles. The Balaban J connectivity index is 1.46. The van der Waals surface area contributed by atoms with Crippen LogP contribution in [-0.2, 0) is 5.21 Å². The number of benzene rings is 2. The predicted molar refractivity (Wildman–Crippen MR) is 234 cm³/mol. The van der Waals surface area contributed by atoms with Crippen molar-refractivity contribution < 1.29 is 14.7 Å². The molecule has 0 aliphatic carbocycles. The molecule has 3 rings (SSSR count). The Bertz CT molecular complexity index is 1250. The first kappa shape index (κ1) is 47.0. The summed E-state index contributed by atoms with van der Waals surface area (Å²) in [4.78, 5) is 16.4. The van der Waals surface area contributed by atoms with Crippen molar-refractivity contribution >= 4 is 5.91 Å². The van der Waals surface area contributed by atoms with E-state index in [4.69, 9.17) is 4.74 Å². The van der Waals surface area contributed by atoms with Crippen molar-refractivity contribution in [2.75, 3.05) is 13.2 Å². The molecule has 0 atom stereocenters. The average molecular weight is 760 g/mol. The van der Waals surface area contributed by atoms with E-state index in [0.29, 0.717) is 12.8 Å². The molecule has 0 bridgehead atoms. The Kier molecular flexibility index (Phi) is 22.7. The highest BCUT2D eigenvalue weighted by Gasteiger charge is 2.48. The van der Waals surface area contributed by atoms with Crippen molar-refractivity contribution in [2.45, 2.75) is 226 Å². The van der Waals surface area contributed by atoms with E-state index in [-0.39, 0.29) is 11.9 Å². The third-order valence-electron chi connectivity index (χ3n) is 12.1. The minimum Gasteiger partial charge on any atom is -0.494 e. The number of unbranched alkanes of at least 4 members (excludes halogenated alkanes) is 22. The summed E-state index contributed by atoms with van der Waals surface area (Å²) in [7, 11) is 0. The lowest BCUT2D eigenvalue weighted by molar-refractivity contribution is -0.293. The number of carbonyl (C=O) groups excluding carboxylic acids is 1. The maximum atomic E-state index is 14.3. The van der Waals surface area contributed by atoms with E-state index in [0.717, 1.165) is 54.9 Å². The Hall–Kier alpha value is -2.37. The minimum atomic E-state index is -0.521. The van der Waals surface area contributed by atoms with Crippen LogP contribution < -0.4 is 4.74 Å². The Morgan fingerprint density at radius 3 is 1.35 bits per heavy atom. The van der Waals surface area contributed by atoms with Gasteiger partial charge in [0.15, 0.2) is 0 Å². The lowest BCUT2D eigenvalue weighted by Crippen LogP contribution is -2.63. The van der Waals surface area contributed by atoms with Crippen molar-refractivity contribution in [3.63, 3.8) is 0 Å². The molecule has 0 N–H and O–H groups in total. The smallest absolute Gasteiger partial charge is 0.254 e. The Morgan fingerprint density at radius 1 is 0.564 bits per heavy atom. The van der Waals surface area contributed by atoms with Gasteiger partial charge in [-0.3, -0.25) is 4.79 Å². The maximum Gasteiger partial charge on any atom is 0.254 e. The van der Waals surface area contributed by atoms with E-state index in [1.54, 1.807) is 0 Å². The van der Waals surface area contributed by atoms with Crippen molar-refractivity contribution in [2.24, 2.45) is 0 Å². The van der Waals surface area contributed by atoms with Crippen LogP contribution in [0.15, 0.2) is 48.5 Å². The van der Waals surface area contributed by atoms with E-state index in [9.17, 15) is 10.0 Å². The summed E-state index contributed by atoms with van der Waals surface area (Å²) in [5.41, 5.74) is 1.90. The third kappa shape index (κ3) is 17.8. The lowest BCUT2D eigenvalue weighted by Gasteiger charge is -2.52. The van der Waals surface area contributed by atoms with Gasteiger partial charge in [-0.15, -0.1) is 10.3 Å². The number of hydrogen-bond donors (Lipinski definition) is 0. The molecule has 1 aliphatic heterocycles. The number of nitrogens with zero attached hydrogens (tertiary/aromatic N) is 2. The Morgan fingerprint density at radius 2 is 0.927 bits per heavy atom. The summed E-state index contributed by atoms with van der Waals surface area (Å²) < 4.78 is 6.03. The van der Waals surface area contributed by atoms with Crippen LogP contribution in [0, 0.1) is 0 Å². The van der Waals surface area contributed by atoms with Gasteiger partial charge in [-0.2, -0.15) is 0 Å². The van der Waals surface area contributed by atoms with E-state index in [1.165, 1.54) is 140 Å². The van der Waals surface area contributed by atoms with Gasteiger partial charge in [0.1, 0.15) is 5.75 Å². The number of hydroxylamine groups is 2. The average Bonchev–Trinajstić information content (AvgIpc) is 3.17. The second-order valence-corrected chi connectivity index (χ2v) is 18.2. The van der Waals surface area contributed by atoms with Crippen LogP contribution in [0.1, 0.15) is 219 Å². The SMILES string of the molecule is CCCCCCCCCCCCCCCCCCN(C(=O)c1ccc(-c2ccc(OCCCCCCCCCC)cc2)cc1)C1CC(C)(C)N([O])C(C)(C)C1. The standard InChI is InChI=1S/C50H83N2O3/c1-7-9-11-13-15-17-18-19-20-21-22-23-24-25-27-29-39-51(46-41-49(3,4)52(54)50(5,6)42-46)48(53)45-33-31-43(32-34-45)44-35-37-47(38-36-44)55-40-30-28-26-16-14-12-10-8-2/h31-38,46H,7-30,39-42H2,1-6H3. The number of rotatable bonds is 30. The molecule has 2 aromatic carbocycles. The third-order valence-corrected chi connectivity index (χ3v) is 12.1. The van der Waals surface area contributed by atoms with Gasteiger partial charge in [-0.1, -0.05) is 179 Å². The minimum absolute atomic E-state index is 0.0389. The summed E-state index contributed by atoms with van der Waals surface area (Å²) in [6, 6.07) is 16.5. The van der Waals surface area contributed by atoms with Gasteiger partial charge in [-0.05, 0) is 88.8 Å². The molecule has 1 radical (unpaired) electrons. The van der Waals surface area contributed by atoms with Crippen LogP contribution in [0.25, 0.3) is 11.1 Å². The number of ether oxygens (including phenoxy) is 1. The van der Waals surface area contributed by atoms with Crippen LogP contribution in [0.4, 0.5) is 0 Å². The number of piperidine rings is 1. The van der Waals surface area contributed by atoms with Crippen molar-refractivity contribution in [3.8, 4) is 16.9 Å². The van der Waals surface area contributed by atoms with Gasteiger partial charge in [-0.25, -0.2) is 0 Å². The fourth-order valence-corrected chi connectivity index (χ4v) is 8.85.